The standard InChI is InChI=1S/C17H18N4O3/c1-12-9-18-20(10-12)11-13-4-2-6-21(13)17(22)14-8-16(24-19-14)15-5-3-7-23-15/h3,5,7-10,13H,2,4,6,11H2,1H3/t13-/m1/s1. The first-order chi connectivity index (χ1) is 11.7. The van der Waals surface area contributed by atoms with Crippen molar-refractivity contribution in [3.05, 3.63) is 48.1 Å². The second kappa shape index (κ2) is 5.99. The van der Waals surface area contributed by atoms with Gasteiger partial charge in [-0.1, -0.05) is 5.16 Å². The van der Waals surface area contributed by atoms with E-state index in [1.54, 1.807) is 24.5 Å². The number of aryl methyl sites for hydroxylation is 1. The summed E-state index contributed by atoms with van der Waals surface area (Å²) < 4.78 is 12.4. The van der Waals surface area contributed by atoms with Crippen molar-refractivity contribution >= 4 is 5.91 Å². The predicted molar refractivity (Wildman–Crippen MR) is 85.2 cm³/mol. The first-order valence-corrected chi connectivity index (χ1v) is 8.01. The maximum absolute atomic E-state index is 12.8. The number of hydrogen-bond donors (Lipinski definition) is 0. The minimum Gasteiger partial charge on any atom is -0.461 e. The van der Waals surface area contributed by atoms with Gasteiger partial charge in [0, 0.05) is 18.8 Å². The molecule has 0 aliphatic carbocycles. The third kappa shape index (κ3) is 2.73. The molecule has 0 aromatic carbocycles. The fourth-order valence-electron chi connectivity index (χ4n) is 3.13. The van der Waals surface area contributed by atoms with Gasteiger partial charge >= 0.3 is 0 Å². The molecule has 0 radical (unpaired) electrons. The van der Waals surface area contributed by atoms with Crippen LogP contribution in [0.25, 0.3) is 11.5 Å². The average Bonchev–Trinajstić information content (AvgIpc) is 3.35. The molecule has 0 unspecified atom stereocenters. The Labute approximate surface area is 138 Å². The van der Waals surface area contributed by atoms with Crippen LogP contribution < -0.4 is 0 Å². The Bertz CT molecular complexity index is 834. The molecule has 1 amide bonds. The van der Waals surface area contributed by atoms with E-state index < -0.39 is 0 Å². The summed E-state index contributed by atoms with van der Waals surface area (Å²) in [6.07, 6.45) is 7.33. The molecular formula is C17H18N4O3. The number of furan rings is 1. The Morgan fingerprint density at radius 1 is 1.42 bits per heavy atom. The molecule has 1 fully saturated rings. The second-order valence-electron chi connectivity index (χ2n) is 6.09. The number of nitrogens with zero attached hydrogens (tertiary/aromatic N) is 4. The molecule has 4 heterocycles. The van der Waals surface area contributed by atoms with Crippen molar-refractivity contribution in [2.24, 2.45) is 0 Å². The smallest absolute Gasteiger partial charge is 0.276 e. The summed E-state index contributed by atoms with van der Waals surface area (Å²) in [5.41, 5.74) is 1.43. The molecule has 0 bridgehead atoms. The van der Waals surface area contributed by atoms with Crippen LogP contribution in [-0.2, 0) is 6.54 Å². The van der Waals surface area contributed by atoms with Crippen molar-refractivity contribution in [2.45, 2.75) is 32.4 Å². The van der Waals surface area contributed by atoms with Crippen molar-refractivity contribution in [1.29, 1.82) is 0 Å². The van der Waals surface area contributed by atoms with E-state index in [-0.39, 0.29) is 11.9 Å². The molecular weight excluding hydrogens is 308 g/mol. The minimum absolute atomic E-state index is 0.108. The Balaban J connectivity index is 1.50. The van der Waals surface area contributed by atoms with E-state index in [1.807, 2.05) is 28.9 Å². The van der Waals surface area contributed by atoms with Gasteiger partial charge in [0.2, 0.25) is 5.76 Å². The predicted octanol–water partition coefficient (Wildman–Crippen LogP) is 2.74. The summed E-state index contributed by atoms with van der Waals surface area (Å²) in [4.78, 5) is 14.6. The third-order valence-electron chi connectivity index (χ3n) is 4.29. The number of carbonyl (C=O) groups excluding carboxylic acids is 1. The van der Waals surface area contributed by atoms with Gasteiger partial charge in [0.25, 0.3) is 5.91 Å². The fourth-order valence-corrected chi connectivity index (χ4v) is 3.13. The van der Waals surface area contributed by atoms with E-state index >= 15 is 0 Å². The maximum Gasteiger partial charge on any atom is 0.276 e. The summed E-state index contributed by atoms with van der Waals surface area (Å²) in [5, 5.41) is 8.23. The normalized spacial score (nSPS) is 17.5. The highest BCUT2D eigenvalue weighted by Gasteiger charge is 2.31. The van der Waals surface area contributed by atoms with Gasteiger partial charge in [-0.3, -0.25) is 9.48 Å². The van der Waals surface area contributed by atoms with Gasteiger partial charge in [-0.05, 0) is 37.5 Å². The van der Waals surface area contributed by atoms with Gasteiger partial charge < -0.3 is 13.8 Å². The van der Waals surface area contributed by atoms with E-state index in [0.717, 1.165) is 24.9 Å². The van der Waals surface area contributed by atoms with E-state index in [0.29, 0.717) is 23.8 Å². The van der Waals surface area contributed by atoms with Gasteiger partial charge in [0.05, 0.1) is 25.0 Å². The zero-order valence-corrected chi connectivity index (χ0v) is 13.4. The van der Waals surface area contributed by atoms with Crippen molar-refractivity contribution in [3.63, 3.8) is 0 Å². The lowest BCUT2D eigenvalue weighted by atomic mass is 10.2. The van der Waals surface area contributed by atoms with Crippen LogP contribution in [0, 0.1) is 6.92 Å². The Hall–Kier alpha value is -2.83. The second-order valence-corrected chi connectivity index (χ2v) is 6.09. The molecule has 3 aromatic rings. The fraction of sp³-hybridized carbons (Fsp3) is 0.353. The van der Waals surface area contributed by atoms with Gasteiger partial charge in [0.15, 0.2) is 11.5 Å². The summed E-state index contributed by atoms with van der Waals surface area (Å²) in [7, 11) is 0. The van der Waals surface area contributed by atoms with Crippen LogP contribution in [0.15, 0.2) is 45.8 Å². The molecule has 124 valence electrons. The van der Waals surface area contributed by atoms with Gasteiger partial charge in [-0.15, -0.1) is 0 Å². The monoisotopic (exact) mass is 326 g/mol. The summed E-state index contributed by atoms with van der Waals surface area (Å²) >= 11 is 0. The number of amides is 1. The largest absolute Gasteiger partial charge is 0.461 e. The average molecular weight is 326 g/mol. The van der Waals surface area contributed by atoms with Crippen LogP contribution in [0.2, 0.25) is 0 Å². The third-order valence-corrected chi connectivity index (χ3v) is 4.29. The Morgan fingerprint density at radius 2 is 2.33 bits per heavy atom. The lowest BCUT2D eigenvalue weighted by Gasteiger charge is -2.23. The van der Waals surface area contributed by atoms with Crippen molar-refractivity contribution in [1.82, 2.24) is 19.8 Å². The molecule has 3 aromatic heterocycles. The Morgan fingerprint density at radius 3 is 3.08 bits per heavy atom. The highest BCUT2D eigenvalue weighted by molar-refractivity contribution is 5.93. The maximum atomic E-state index is 12.8. The van der Waals surface area contributed by atoms with Crippen LogP contribution >= 0.6 is 0 Å². The molecule has 4 rings (SSSR count). The Kier molecular flexibility index (Phi) is 3.68. The number of aromatic nitrogens is 3. The van der Waals surface area contributed by atoms with Gasteiger partial charge in [-0.2, -0.15) is 5.10 Å². The van der Waals surface area contributed by atoms with Crippen LogP contribution in [-0.4, -0.2) is 38.3 Å². The summed E-state index contributed by atoms with van der Waals surface area (Å²) in [6, 6.07) is 5.30. The molecule has 0 spiro atoms. The molecule has 1 atom stereocenters. The topological polar surface area (TPSA) is 77.3 Å². The molecule has 7 heteroatoms. The van der Waals surface area contributed by atoms with Crippen LogP contribution in [0.5, 0.6) is 0 Å². The van der Waals surface area contributed by atoms with E-state index in [1.165, 1.54) is 0 Å². The van der Waals surface area contributed by atoms with E-state index in [9.17, 15) is 4.79 Å². The molecule has 24 heavy (non-hydrogen) atoms. The lowest BCUT2D eigenvalue weighted by Crippen LogP contribution is -2.38. The number of carbonyl (C=O) groups is 1. The molecule has 1 aliphatic heterocycles. The van der Waals surface area contributed by atoms with Crippen molar-refractivity contribution in [2.75, 3.05) is 6.54 Å². The number of likely N-dealkylation sites (tertiary alicyclic amines) is 1. The molecule has 1 saturated heterocycles. The quantitative estimate of drug-likeness (QED) is 0.737. The first kappa shape index (κ1) is 14.7. The number of rotatable bonds is 4. The van der Waals surface area contributed by atoms with Crippen molar-refractivity contribution in [3.8, 4) is 11.5 Å². The molecule has 1 aliphatic rings. The van der Waals surface area contributed by atoms with Crippen molar-refractivity contribution < 1.29 is 13.7 Å². The van der Waals surface area contributed by atoms with Crippen LogP contribution in [0.4, 0.5) is 0 Å². The molecule has 7 nitrogen and oxygen atoms in total. The summed E-state index contributed by atoms with van der Waals surface area (Å²) in [6.45, 7) is 3.43. The SMILES string of the molecule is Cc1cnn(C[C@H]2CCCN2C(=O)c2cc(-c3ccco3)on2)c1. The molecule has 0 N–H and O–H groups in total. The zero-order valence-electron chi connectivity index (χ0n) is 13.4. The highest BCUT2D eigenvalue weighted by Crippen LogP contribution is 2.24. The lowest BCUT2D eigenvalue weighted by molar-refractivity contribution is 0.0711. The van der Waals surface area contributed by atoms with E-state index in [2.05, 4.69) is 10.3 Å². The highest BCUT2D eigenvalue weighted by atomic mass is 16.5. The van der Waals surface area contributed by atoms with Crippen LogP contribution in [0.1, 0.15) is 28.9 Å². The minimum atomic E-state index is -0.108. The molecule has 0 saturated carbocycles. The van der Waals surface area contributed by atoms with Gasteiger partial charge in [-0.25, -0.2) is 0 Å². The zero-order chi connectivity index (χ0) is 16.5. The summed E-state index contributed by atoms with van der Waals surface area (Å²) in [5.74, 6) is 0.913. The first-order valence-electron chi connectivity index (χ1n) is 8.01. The number of hydrogen-bond acceptors (Lipinski definition) is 5. The van der Waals surface area contributed by atoms with E-state index in [4.69, 9.17) is 8.94 Å². The van der Waals surface area contributed by atoms with Gasteiger partial charge in [0.1, 0.15) is 0 Å². The van der Waals surface area contributed by atoms with Crippen LogP contribution in [0.3, 0.4) is 0 Å².